The minimum atomic E-state index is -0.0361. The number of halogens is 1. The van der Waals surface area contributed by atoms with Crippen molar-refractivity contribution in [2.24, 2.45) is 0 Å². The number of nitrogens with zero attached hydrogens (tertiary/aromatic N) is 1. The lowest BCUT2D eigenvalue weighted by molar-refractivity contribution is -0.00280. The quantitative estimate of drug-likeness (QED) is 0.847. The average Bonchev–Trinajstić information content (AvgIpc) is 2.40. The normalized spacial score (nSPS) is 19.9. The highest BCUT2D eigenvalue weighted by molar-refractivity contribution is 7.80. The van der Waals surface area contributed by atoms with Crippen molar-refractivity contribution < 1.29 is 9.53 Å². The highest BCUT2D eigenvalue weighted by atomic mass is 35.5. The number of benzene rings is 1. The standard InChI is InChI=1S/C13H16ClNO2S/c1-2-9-8-17-6-5-15(9)13(16)11-7-10(18)3-4-12(11)14/h3-4,7,9,18H,2,5-6,8H2,1H3. The van der Waals surface area contributed by atoms with Crippen LogP contribution in [0.15, 0.2) is 23.1 Å². The van der Waals surface area contributed by atoms with E-state index in [9.17, 15) is 4.79 Å². The van der Waals surface area contributed by atoms with Crippen LogP contribution in [0.5, 0.6) is 0 Å². The van der Waals surface area contributed by atoms with Crippen LogP contribution in [0.2, 0.25) is 5.02 Å². The molecule has 0 aromatic heterocycles. The smallest absolute Gasteiger partial charge is 0.255 e. The molecule has 1 atom stereocenters. The van der Waals surface area contributed by atoms with Crippen molar-refractivity contribution >= 4 is 30.1 Å². The summed E-state index contributed by atoms with van der Waals surface area (Å²) >= 11 is 10.3. The molecule has 1 fully saturated rings. The molecule has 18 heavy (non-hydrogen) atoms. The molecule has 0 bridgehead atoms. The number of carbonyl (C=O) groups is 1. The molecule has 0 radical (unpaired) electrons. The van der Waals surface area contributed by atoms with Crippen LogP contribution in [0.4, 0.5) is 0 Å². The van der Waals surface area contributed by atoms with E-state index >= 15 is 0 Å². The van der Waals surface area contributed by atoms with Crippen LogP contribution in [-0.2, 0) is 4.74 Å². The second-order valence-corrected chi connectivity index (χ2v) is 5.22. The maximum Gasteiger partial charge on any atom is 0.255 e. The van der Waals surface area contributed by atoms with E-state index in [2.05, 4.69) is 19.6 Å². The summed E-state index contributed by atoms with van der Waals surface area (Å²) in [5.74, 6) is -0.0361. The van der Waals surface area contributed by atoms with E-state index in [4.69, 9.17) is 16.3 Å². The van der Waals surface area contributed by atoms with Gasteiger partial charge in [0.1, 0.15) is 0 Å². The van der Waals surface area contributed by atoms with Crippen molar-refractivity contribution in [2.45, 2.75) is 24.3 Å². The lowest BCUT2D eigenvalue weighted by atomic mass is 10.1. The molecule has 3 nitrogen and oxygen atoms in total. The zero-order valence-electron chi connectivity index (χ0n) is 10.2. The fourth-order valence-corrected chi connectivity index (χ4v) is 2.49. The summed E-state index contributed by atoms with van der Waals surface area (Å²) in [5.41, 5.74) is 0.518. The van der Waals surface area contributed by atoms with Gasteiger partial charge in [-0.15, -0.1) is 12.6 Å². The molecule has 1 unspecified atom stereocenters. The Morgan fingerprint density at radius 1 is 1.61 bits per heavy atom. The second kappa shape index (κ2) is 5.95. The van der Waals surface area contributed by atoms with Gasteiger partial charge < -0.3 is 9.64 Å². The predicted octanol–water partition coefficient (Wildman–Crippen LogP) is 2.88. The summed E-state index contributed by atoms with van der Waals surface area (Å²) in [6.45, 7) is 3.85. The molecule has 1 aliphatic rings. The number of morpholine rings is 1. The van der Waals surface area contributed by atoms with E-state index in [1.54, 1.807) is 18.2 Å². The Morgan fingerprint density at radius 2 is 2.39 bits per heavy atom. The number of carbonyl (C=O) groups excluding carboxylic acids is 1. The van der Waals surface area contributed by atoms with Gasteiger partial charge in [-0.3, -0.25) is 4.79 Å². The molecule has 1 saturated heterocycles. The van der Waals surface area contributed by atoms with Gasteiger partial charge in [0.15, 0.2) is 0 Å². The minimum Gasteiger partial charge on any atom is -0.377 e. The second-order valence-electron chi connectivity index (χ2n) is 4.30. The van der Waals surface area contributed by atoms with Crippen molar-refractivity contribution in [1.82, 2.24) is 4.90 Å². The fourth-order valence-electron chi connectivity index (χ4n) is 2.09. The minimum absolute atomic E-state index is 0.0361. The van der Waals surface area contributed by atoms with Crippen molar-refractivity contribution in [3.63, 3.8) is 0 Å². The predicted molar refractivity (Wildman–Crippen MR) is 74.6 cm³/mol. The summed E-state index contributed by atoms with van der Waals surface area (Å²) in [5, 5.41) is 0.471. The van der Waals surface area contributed by atoms with Gasteiger partial charge in [0.05, 0.1) is 29.8 Å². The first kappa shape index (κ1) is 13.7. The lowest BCUT2D eigenvalue weighted by Crippen LogP contribution is -2.48. The highest BCUT2D eigenvalue weighted by Gasteiger charge is 2.27. The van der Waals surface area contributed by atoms with Gasteiger partial charge >= 0.3 is 0 Å². The first-order chi connectivity index (χ1) is 8.63. The van der Waals surface area contributed by atoms with Crippen LogP contribution in [0.1, 0.15) is 23.7 Å². The van der Waals surface area contributed by atoms with E-state index in [0.29, 0.717) is 30.3 Å². The van der Waals surface area contributed by atoms with E-state index in [1.165, 1.54) is 0 Å². The zero-order chi connectivity index (χ0) is 13.1. The lowest BCUT2D eigenvalue weighted by Gasteiger charge is -2.35. The van der Waals surface area contributed by atoms with Gasteiger partial charge in [0, 0.05) is 11.4 Å². The molecule has 1 aromatic carbocycles. The van der Waals surface area contributed by atoms with Crippen molar-refractivity contribution in [2.75, 3.05) is 19.8 Å². The van der Waals surface area contributed by atoms with Gasteiger partial charge in [0.25, 0.3) is 5.91 Å². The van der Waals surface area contributed by atoms with E-state index in [-0.39, 0.29) is 11.9 Å². The van der Waals surface area contributed by atoms with Gasteiger partial charge in [0.2, 0.25) is 0 Å². The Hall–Kier alpha value is -0.710. The first-order valence-electron chi connectivity index (χ1n) is 6.00. The molecule has 1 aliphatic heterocycles. The molecular weight excluding hydrogens is 270 g/mol. The van der Waals surface area contributed by atoms with Crippen LogP contribution in [-0.4, -0.2) is 36.6 Å². The Balaban J connectivity index is 2.26. The van der Waals surface area contributed by atoms with E-state index in [1.807, 2.05) is 4.90 Å². The molecule has 1 aromatic rings. The van der Waals surface area contributed by atoms with Crippen LogP contribution in [0, 0.1) is 0 Å². The highest BCUT2D eigenvalue weighted by Crippen LogP contribution is 2.23. The molecule has 1 amide bonds. The largest absolute Gasteiger partial charge is 0.377 e. The van der Waals surface area contributed by atoms with Crippen LogP contribution in [0.3, 0.4) is 0 Å². The fraction of sp³-hybridized carbons (Fsp3) is 0.462. The number of amides is 1. The van der Waals surface area contributed by atoms with E-state index in [0.717, 1.165) is 11.3 Å². The number of rotatable bonds is 2. The topological polar surface area (TPSA) is 29.5 Å². The van der Waals surface area contributed by atoms with Gasteiger partial charge in [-0.1, -0.05) is 18.5 Å². The molecule has 2 rings (SSSR count). The molecule has 0 saturated carbocycles. The van der Waals surface area contributed by atoms with Gasteiger partial charge in [-0.05, 0) is 24.6 Å². The van der Waals surface area contributed by atoms with Crippen LogP contribution < -0.4 is 0 Å². The zero-order valence-corrected chi connectivity index (χ0v) is 11.9. The summed E-state index contributed by atoms with van der Waals surface area (Å²) in [7, 11) is 0. The third kappa shape index (κ3) is 2.82. The molecule has 5 heteroatoms. The van der Waals surface area contributed by atoms with Gasteiger partial charge in [-0.25, -0.2) is 0 Å². The van der Waals surface area contributed by atoms with Crippen LogP contribution in [0.25, 0.3) is 0 Å². The van der Waals surface area contributed by atoms with Crippen molar-refractivity contribution in [3.05, 3.63) is 28.8 Å². The third-order valence-electron chi connectivity index (χ3n) is 3.14. The molecule has 98 valence electrons. The molecule has 0 N–H and O–H groups in total. The number of ether oxygens (including phenoxy) is 1. The summed E-state index contributed by atoms with van der Waals surface area (Å²) < 4.78 is 5.40. The molecule has 0 aliphatic carbocycles. The first-order valence-corrected chi connectivity index (χ1v) is 6.83. The Bertz CT molecular complexity index is 453. The maximum atomic E-state index is 12.5. The third-order valence-corrected chi connectivity index (χ3v) is 3.75. The number of thiol groups is 1. The van der Waals surface area contributed by atoms with Crippen LogP contribution >= 0.6 is 24.2 Å². The number of hydrogen-bond acceptors (Lipinski definition) is 3. The maximum absolute atomic E-state index is 12.5. The Morgan fingerprint density at radius 3 is 3.11 bits per heavy atom. The van der Waals surface area contributed by atoms with Crippen molar-refractivity contribution in [1.29, 1.82) is 0 Å². The monoisotopic (exact) mass is 285 g/mol. The van der Waals surface area contributed by atoms with E-state index < -0.39 is 0 Å². The molecular formula is C13H16ClNO2S. The average molecular weight is 286 g/mol. The summed E-state index contributed by atoms with van der Waals surface area (Å²) in [4.78, 5) is 15.1. The Labute approximate surface area is 117 Å². The summed E-state index contributed by atoms with van der Waals surface area (Å²) in [6.07, 6.45) is 0.879. The Kier molecular flexibility index (Phi) is 4.54. The number of hydrogen-bond donors (Lipinski definition) is 1. The molecule has 0 spiro atoms. The SMILES string of the molecule is CCC1COCCN1C(=O)c1cc(S)ccc1Cl. The van der Waals surface area contributed by atoms with Crippen molar-refractivity contribution in [3.8, 4) is 0 Å². The molecule has 1 heterocycles. The van der Waals surface area contributed by atoms with Gasteiger partial charge in [-0.2, -0.15) is 0 Å². The summed E-state index contributed by atoms with van der Waals surface area (Å²) in [6, 6.07) is 5.33.